The third-order valence-corrected chi connectivity index (χ3v) is 6.91. The molecule has 1 aliphatic rings. The highest BCUT2D eigenvalue weighted by Crippen LogP contribution is 2.36. The fourth-order valence-corrected chi connectivity index (χ4v) is 4.78. The second-order valence-electron chi connectivity index (χ2n) is 9.82. The molecule has 5 N–H and O–H groups in total. The Morgan fingerprint density at radius 3 is 2.56 bits per heavy atom. The van der Waals surface area contributed by atoms with Gasteiger partial charge < -0.3 is 14.7 Å². The zero-order valence-corrected chi connectivity index (χ0v) is 23.1. The molecule has 4 aromatic rings. The number of phenols is 1. The number of anilines is 2. The molecule has 5 rings (SSSR count). The van der Waals surface area contributed by atoms with E-state index in [1.807, 2.05) is 6.92 Å². The quantitative estimate of drug-likeness (QED) is 0.132. The molecule has 13 heteroatoms. The summed E-state index contributed by atoms with van der Waals surface area (Å²) in [6.07, 6.45) is -3.11. The van der Waals surface area contributed by atoms with E-state index in [0.29, 0.717) is 49.5 Å². The maximum Gasteiger partial charge on any atom is 0.416 e. The van der Waals surface area contributed by atoms with Crippen LogP contribution in [0.5, 0.6) is 5.75 Å². The Labute approximate surface area is 244 Å². The average molecular weight is 598 g/mol. The number of aryl methyl sites for hydroxylation is 1. The second kappa shape index (κ2) is 12.6. The summed E-state index contributed by atoms with van der Waals surface area (Å²) in [5, 5.41) is 11.8. The number of rotatable bonds is 8. The highest BCUT2D eigenvalue weighted by atomic mass is 19.4. The number of phenolic OH excluding ortho intramolecular Hbond substituents is 1. The van der Waals surface area contributed by atoms with Crippen LogP contribution in [0.15, 0.2) is 66.9 Å². The Kier molecular flexibility index (Phi) is 8.73. The molecule has 1 aliphatic heterocycles. The molecule has 1 amide bonds. The second-order valence-corrected chi connectivity index (χ2v) is 9.82. The Morgan fingerprint density at radius 1 is 1.07 bits per heavy atom. The zero-order chi connectivity index (χ0) is 30.6. The van der Waals surface area contributed by atoms with E-state index in [4.69, 9.17) is 4.74 Å². The third kappa shape index (κ3) is 7.01. The van der Waals surface area contributed by atoms with Crippen LogP contribution in [0.2, 0.25) is 0 Å². The molecule has 0 spiro atoms. The van der Waals surface area contributed by atoms with E-state index in [1.165, 1.54) is 6.07 Å². The number of quaternary nitrogens is 1. The van der Waals surface area contributed by atoms with E-state index in [0.717, 1.165) is 18.3 Å². The van der Waals surface area contributed by atoms with Crippen molar-refractivity contribution < 1.29 is 37.5 Å². The number of ether oxygens (including phenoxy) is 1. The number of carbonyl (C=O) groups excluding carboxylic acids is 1. The van der Waals surface area contributed by atoms with Crippen LogP contribution in [0.1, 0.15) is 28.4 Å². The Balaban J connectivity index is 1.34. The average Bonchev–Trinajstić information content (AvgIpc) is 3.00. The molecule has 1 saturated heterocycles. The van der Waals surface area contributed by atoms with Crippen molar-refractivity contribution in [1.82, 2.24) is 15.4 Å². The highest BCUT2D eigenvalue weighted by Gasteiger charge is 2.32. The molecular weight excluding hydrogens is 568 g/mol. The molecule has 0 bridgehead atoms. The molecule has 224 valence electrons. The first-order valence-electron chi connectivity index (χ1n) is 13.5. The van der Waals surface area contributed by atoms with Crippen LogP contribution in [0.4, 0.5) is 40.7 Å². The lowest BCUT2D eigenvalue weighted by Crippen LogP contribution is -2.71. The van der Waals surface area contributed by atoms with Gasteiger partial charge in [-0.05, 0) is 35.7 Å². The number of morpholine rings is 1. The number of hydrogen-bond acceptors (Lipinski definition) is 7. The van der Waals surface area contributed by atoms with Crippen LogP contribution in [-0.2, 0) is 17.3 Å². The van der Waals surface area contributed by atoms with Crippen molar-refractivity contribution in [2.45, 2.75) is 19.5 Å². The fraction of sp³-hybridized carbons (Fsp3) is 0.233. The summed E-state index contributed by atoms with van der Waals surface area (Å²) < 4.78 is 60.8. The number of nitrogens with two attached hydrogens (primary N) is 1. The van der Waals surface area contributed by atoms with Crippen LogP contribution in [-0.4, -0.2) is 47.3 Å². The van der Waals surface area contributed by atoms with Gasteiger partial charge in [-0.3, -0.25) is 21.0 Å². The third-order valence-electron chi connectivity index (χ3n) is 6.91. The van der Waals surface area contributed by atoms with Crippen molar-refractivity contribution in [3.8, 4) is 16.9 Å². The van der Waals surface area contributed by atoms with E-state index in [1.54, 1.807) is 52.7 Å². The minimum atomic E-state index is -4.59. The van der Waals surface area contributed by atoms with Gasteiger partial charge in [-0.15, -0.1) is 0 Å². The van der Waals surface area contributed by atoms with Gasteiger partial charge in [0.15, 0.2) is 11.6 Å². The minimum absolute atomic E-state index is 0.00375. The number of nitrogens with zero attached hydrogens (tertiary/aromatic N) is 3. The number of halogens is 4. The van der Waals surface area contributed by atoms with Gasteiger partial charge in [-0.1, -0.05) is 25.1 Å². The summed E-state index contributed by atoms with van der Waals surface area (Å²) in [4.78, 5) is 22.8. The van der Waals surface area contributed by atoms with Crippen LogP contribution in [0, 0.1) is 5.82 Å². The fourth-order valence-electron chi connectivity index (χ4n) is 4.78. The number of amides is 1. The number of aromatic hydroxyl groups is 1. The lowest BCUT2D eigenvalue weighted by molar-refractivity contribution is -0.478. The van der Waals surface area contributed by atoms with Crippen molar-refractivity contribution >= 4 is 29.0 Å². The van der Waals surface area contributed by atoms with Gasteiger partial charge in [-0.2, -0.15) is 18.2 Å². The van der Waals surface area contributed by atoms with Gasteiger partial charge in [0, 0.05) is 48.5 Å². The van der Waals surface area contributed by atoms with Crippen LogP contribution in [0.3, 0.4) is 0 Å². The highest BCUT2D eigenvalue weighted by molar-refractivity contribution is 5.96. The number of carbonyl (C=O) groups is 1. The predicted molar refractivity (Wildman–Crippen MR) is 152 cm³/mol. The number of aromatic nitrogens is 2. The Morgan fingerprint density at radius 2 is 1.84 bits per heavy atom. The SMILES string of the molecule is CCc1cc([NH2+]c2cc(-c3ccccc3O)cc(C(F)(F)F)c2)ccc1C(=O)NNc1ncc(F)c(N2CCOCC2)n1. The maximum atomic E-state index is 14.3. The van der Waals surface area contributed by atoms with Crippen molar-refractivity contribution in [2.24, 2.45) is 0 Å². The molecule has 0 saturated carbocycles. The molecule has 1 fully saturated rings. The molecule has 1 aromatic heterocycles. The minimum Gasteiger partial charge on any atom is -0.507 e. The molecule has 43 heavy (non-hydrogen) atoms. The van der Waals surface area contributed by atoms with Gasteiger partial charge in [0.2, 0.25) is 5.95 Å². The van der Waals surface area contributed by atoms with Gasteiger partial charge in [0.05, 0.1) is 25.0 Å². The van der Waals surface area contributed by atoms with Gasteiger partial charge in [-0.25, -0.2) is 9.37 Å². The number of alkyl halides is 3. The largest absolute Gasteiger partial charge is 0.507 e. The first-order chi connectivity index (χ1) is 20.6. The van der Waals surface area contributed by atoms with Gasteiger partial charge in [0.25, 0.3) is 5.91 Å². The first kappa shape index (κ1) is 29.7. The summed E-state index contributed by atoms with van der Waals surface area (Å²) in [7, 11) is 0. The molecule has 0 unspecified atom stereocenters. The van der Waals surface area contributed by atoms with Gasteiger partial charge >= 0.3 is 6.18 Å². The van der Waals surface area contributed by atoms with E-state index < -0.39 is 23.5 Å². The normalized spacial score (nSPS) is 13.6. The predicted octanol–water partition coefficient (Wildman–Crippen LogP) is 4.69. The summed E-state index contributed by atoms with van der Waals surface area (Å²) >= 11 is 0. The number of hydrazine groups is 1. The number of para-hydroxylation sites is 1. The summed E-state index contributed by atoms with van der Waals surface area (Å²) in [5.41, 5.74) is 6.64. The van der Waals surface area contributed by atoms with E-state index in [2.05, 4.69) is 20.8 Å². The molecule has 0 atom stereocenters. The van der Waals surface area contributed by atoms with Crippen molar-refractivity contribution in [1.29, 1.82) is 0 Å². The molecule has 2 heterocycles. The molecule has 0 aliphatic carbocycles. The van der Waals surface area contributed by atoms with Crippen LogP contribution < -0.4 is 21.1 Å². The van der Waals surface area contributed by atoms with Crippen molar-refractivity contribution in [2.75, 3.05) is 36.6 Å². The van der Waals surface area contributed by atoms with Crippen molar-refractivity contribution in [3.05, 3.63) is 89.4 Å². The molecule has 0 radical (unpaired) electrons. The molecular formula is C30H29F4N6O3+. The standard InChI is InChI=1S/C30H28F4N6O3/c1-2-18-14-21(36-22-15-19(13-20(16-22)30(32,33)34)23-5-3-4-6-26(23)41)7-8-24(18)28(42)38-39-29-35-17-25(31)27(37-29)40-9-11-43-12-10-40/h3-8,13-17,36,41H,2,9-12H2,1H3,(H,38,42)(H,35,37,39)/p+1. The van der Waals surface area contributed by atoms with Crippen molar-refractivity contribution in [3.63, 3.8) is 0 Å². The van der Waals surface area contributed by atoms with Gasteiger partial charge in [0.1, 0.15) is 17.1 Å². The smallest absolute Gasteiger partial charge is 0.416 e. The topological polar surface area (TPSA) is 116 Å². The number of nitrogens with one attached hydrogen (secondary N) is 2. The summed E-state index contributed by atoms with van der Waals surface area (Å²) in [6, 6.07) is 14.7. The number of hydrogen-bond donors (Lipinski definition) is 4. The van der Waals surface area contributed by atoms with Crippen LogP contribution >= 0.6 is 0 Å². The maximum absolute atomic E-state index is 14.3. The van der Waals surface area contributed by atoms with E-state index in [-0.39, 0.29) is 34.3 Å². The lowest BCUT2D eigenvalue weighted by atomic mass is 10.00. The molecule has 3 aromatic carbocycles. The lowest BCUT2D eigenvalue weighted by Gasteiger charge is -2.28. The summed E-state index contributed by atoms with van der Waals surface area (Å²) in [6.45, 7) is 3.68. The first-order valence-corrected chi connectivity index (χ1v) is 13.5. The Bertz CT molecular complexity index is 1630. The number of benzene rings is 3. The summed E-state index contributed by atoms with van der Waals surface area (Å²) in [5.74, 6) is -1.11. The van der Waals surface area contributed by atoms with Crippen LogP contribution in [0.25, 0.3) is 11.1 Å². The monoisotopic (exact) mass is 597 g/mol. The zero-order valence-electron chi connectivity index (χ0n) is 23.1. The Hall–Kier alpha value is -4.75. The molecule has 9 nitrogen and oxygen atoms in total. The van der Waals surface area contributed by atoms with E-state index >= 15 is 0 Å². The van der Waals surface area contributed by atoms with E-state index in [9.17, 15) is 27.5 Å².